The zero-order chi connectivity index (χ0) is 17.4. The van der Waals surface area contributed by atoms with Crippen LogP contribution in [0.1, 0.15) is 16.8 Å². The number of hydrogen-bond acceptors (Lipinski definition) is 6. The number of nitro groups is 1. The lowest BCUT2D eigenvalue weighted by atomic mass is 10.1. The van der Waals surface area contributed by atoms with E-state index < -0.39 is 49.7 Å². The molecule has 1 aliphatic rings. The summed E-state index contributed by atoms with van der Waals surface area (Å²) in [5.74, 6) is -3.08. The fourth-order valence-corrected chi connectivity index (χ4v) is 3.46. The maximum Gasteiger partial charge on any atom is 0.344 e. The second kappa shape index (κ2) is 5.93. The number of nitrogens with two attached hydrogens (primary N) is 1. The van der Waals surface area contributed by atoms with Crippen molar-refractivity contribution in [2.24, 2.45) is 11.1 Å². The first-order valence-corrected chi connectivity index (χ1v) is 8.13. The third-order valence-corrected chi connectivity index (χ3v) is 4.33. The summed E-state index contributed by atoms with van der Waals surface area (Å²) in [6.07, 6.45) is -0.127. The van der Waals surface area contributed by atoms with Gasteiger partial charge in [0.1, 0.15) is 0 Å². The van der Waals surface area contributed by atoms with Crippen molar-refractivity contribution in [1.29, 1.82) is 0 Å². The highest BCUT2D eigenvalue weighted by Crippen LogP contribution is 2.33. The van der Waals surface area contributed by atoms with Crippen molar-refractivity contribution in [3.63, 3.8) is 0 Å². The number of carboxylic acids is 1. The van der Waals surface area contributed by atoms with Gasteiger partial charge in [0, 0.05) is 24.9 Å². The summed E-state index contributed by atoms with van der Waals surface area (Å²) in [6.45, 7) is -0.0727. The molecule has 0 radical (unpaired) electrons. The van der Waals surface area contributed by atoms with Crippen LogP contribution in [0, 0.1) is 16.0 Å². The van der Waals surface area contributed by atoms with E-state index in [0.29, 0.717) is 0 Å². The minimum absolute atomic E-state index is 0.0727. The average Bonchev–Trinajstić information content (AvgIpc) is 2.75. The molecule has 3 N–H and O–H groups in total. The van der Waals surface area contributed by atoms with Gasteiger partial charge in [0.25, 0.3) is 5.69 Å². The smallest absolute Gasteiger partial charge is 0.344 e. The van der Waals surface area contributed by atoms with Crippen molar-refractivity contribution >= 4 is 33.3 Å². The second-order valence-corrected chi connectivity index (χ2v) is 6.80. The van der Waals surface area contributed by atoms with E-state index in [0.717, 1.165) is 11.0 Å². The first kappa shape index (κ1) is 16.8. The second-order valence-electron chi connectivity index (χ2n) is 5.14. The zero-order valence-corrected chi connectivity index (χ0v) is 12.5. The molecular formula is C12H13N3O7S. The van der Waals surface area contributed by atoms with Crippen LogP contribution in [-0.4, -0.2) is 42.6 Å². The first-order valence-electron chi connectivity index (χ1n) is 6.41. The lowest BCUT2D eigenvalue weighted by Gasteiger charge is -2.18. The SMILES string of the molecule is NS(=O)(=O)CC1CC(=O)N(c2cccc([N+](=O)[O-])c2C(=O)O)C1. The maximum absolute atomic E-state index is 12.1. The molecule has 23 heavy (non-hydrogen) atoms. The van der Waals surface area contributed by atoms with Gasteiger partial charge in [0.2, 0.25) is 15.9 Å². The van der Waals surface area contributed by atoms with Gasteiger partial charge < -0.3 is 10.0 Å². The highest BCUT2D eigenvalue weighted by molar-refractivity contribution is 7.89. The Kier molecular flexibility index (Phi) is 4.34. The summed E-state index contributed by atoms with van der Waals surface area (Å²) in [4.78, 5) is 34.6. The molecule has 1 unspecified atom stereocenters. The maximum atomic E-state index is 12.1. The topological polar surface area (TPSA) is 161 Å². The number of carbonyl (C=O) groups excluding carboxylic acids is 1. The van der Waals surface area contributed by atoms with Crippen LogP contribution in [0.2, 0.25) is 0 Å². The fourth-order valence-electron chi connectivity index (χ4n) is 2.58. The Bertz CT molecular complexity index is 790. The molecule has 0 aromatic heterocycles. The minimum atomic E-state index is -3.79. The van der Waals surface area contributed by atoms with Crippen LogP contribution in [0.25, 0.3) is 0 Å². The number of anilines is 1. The molecule has 11 heteroatoms. The molecule has 1 heterocycles. The number of nitro benzene ring substituents is 1. The van der Waals surface area contributed by atoms with Crippen LogP contribution in [0.4, 0.5) is 11.4 Å². The molecule has 0 bridgehead atoms. The molecule has 0 saturated carbocycles. The molecule has 1 aromatic rings. The predicted molar refractivity (Wildman–Crippen MR) is 78.5 cm³/mol. The monoisotopic (exact) mass is 343 g/mol. The minimum Gasteiger partial charge on any atom is -0.477 e. The number of aromatic carboxylic acids is 1. The summed E-state index contributed by atoms with van der Waals surface area (Å²) in [6, 6.07) is 3.56. The van der Waals surface area contributed by atoms with Gasteiger partial charge in [-0.3, -0.25) is 14.9 Å². The number of carboxylic acid groups (broad SMARTS) is 1. The van der Waals surface area contributed by atoms with Crippen molar-refractivity contribution in [2.45, 2.75) is 6.42 Å². The normalized spacial score (nSPS) is 18.2. The molecule has 0 spiro atoms. The summed E-state index contributed by atoms with van der Waals surface area (Å²) >= 11 is 0. The Morgan fingerprint density at radius 1 is 1.48 bits per heavy atom. The van der Waals surface area contributed by atoms with Crippen LogP contribution in [0.3, 0.4) is 0 Å². The Balaban J connectivity index is 2.43. The summed E-state index contributed by atoms with van der Waals surface area (Å²) in [5, 5.41) is 25.2. The molecule has 1 aliphatic heterocycles. The van der Waals surface area contributed by atoms with E-state index >= 15 is 0 Å². The number of primary sulfonamides is 1. The number of rotatable bonds is 5. The molecule has 1 saturated heterocycles. The lowest BCUT2D eigenvalue weighted by molar-refractivity contribution is -0.385. The average molecular weight is 343 g/mol. The van der Waals surface area contributed by atoms with Crippen molar-refractivity contribution in [3.05, 3.63) is 33.9 Å². The predicted octanol–water partition coefficient (Wildman–Crippen LogP) is -0.0656. The third kappa shape index (κ3) is 3.63. The van der Waals surface area contributed by atoms with E-state index in [9.17, 15) is 33.2 Å². The molecule has 2 rings (SSSR count). The van der Waals surface area contributed by atoms with Crippen LogP contribution >= 0.6 is 0 Å². The molecule has 1 fully saturated rings. The molecule has 1 amide bonds. The quantitative estimate of drug-likeness (QED) is 0.558. The van der Waals surface area contributed by atoms with E-state index in [2.05, 4.69) is 0 Å². The molecule has 0 aliphatic carbocycles. The Morgan fingerprint density at radius 3 is 2.65 bits per heavy atom. The highest BCUT2D eigenvalue weighted by atomic mass is 32.2. The van der Waals surface area contributed by atoms with Gasteiger partial charge in [0.15, 0.2) is 5.56 Å². The number of benzene rings is 1. The standard InChI is InChI=1S/C12H13N3O7S/c13-23(21,22)6-7-4-10(16)14(5-7)8-2-1-3-9(15(19)20)11(8)12(17)18/h1-3,7H,4-6H2,(H,17,18)(H2,13,21,22). The van der Waals surface area contributed by atoms with Crippen LogP contribution in [0.15, 0.2) is 18.2 Å². The van der Waals surface area contributed by atoms with Crippen molar-refractivity contribution in [2.75, 3.05) is 17.2 Å². The molecule has 1 atom stereocenters. The van der Waals surface area contributed by atoms with Crippen molar-refractivity contribution < 1.29 is 28.0 Å². The number of hydrogen-bond donors (Lipinski definition) is 2. The summed E-state index contributed by atoms with van der Waals surface area (Å²) in [5.41, 5.74) is -1.38. The van der Waals surface area contributed by atoms with E-state index in [1.807, 2.05) is 0 Å². The molecular weight excluding hydrogens is 330 g/mol. The van der Waals surface area contributed by atoms with E-state index in [4.69, 9.17) is 5.14 Å². The van der Waals surface area contributed by atoms with Gasteiger partial charge in [-0.25, -0.2) is 18.4 Å². The molecule has 1 aromatic carbocycles. The zero-order valence-electron chi connectivity index (χ0n) is 11.7. The summed E-state index contributed by atoms with van der Waals surface area (Å²) < 4.78 is 22.2. The molecule has 124 valence electrons. The van der Waals surface area contributed by atoms with Crippen LogP contribution < -0.4 is 10.0 Å². The largest absolute Gasteiger partial charge is 0.477 e. The Morgan fingerprint density at radius 2 is 2.13 bits per heavy atom. The van der Waals surface area contributed by atoms with Gasteiger partial charge in [-0.05, 0) is 6.07 Å². The van der Waals surface area contributed by atoms with Gasteiger partial charge in [-0.2, -0.15) is 0 Å². The molecule has 10 nitrogen and oxygen atoms in total. The van der Waals surface area contributed by atoms with Gasteiger partial charge in [-0.1, -0.05) is 6.07 Å². The Labute approximate surface area is 130 Å². The third-order valence-electron chi connectivity index (χ3n) is 3.39. The van der Waals surface area contributed by atoms with E-state index in [-0.39, 0.29) is 18.7 Å². The Hall–Kier alpha value is -2.53. The van der Waals surface area contributed by atoms with Gasteiger partial charge in [0.05, 0.1) is 16.4 Å². The van der Waals surface area contributed by atoms with Crippen LogP contribution in [-0.2, 0) is 14.8 Å². The number of amides is 1. The number of sulfonamides is 1. The lowest BCUT2D eigenvalue weighted by Crippen LogP contribution is -2.29. The number of nitrogens with zero attached hydrogens (tertiary/aromatic N) is 2. The van der Waals surface area contributed by atoms with Gasteiger partial charge >= 0.3 is 5.97 Å². The van der Waals surface area contributed by atoms with E-state index in [1.54, 1.807) is 0 Å². The number of carbonyl (C=O) groups is 2. The van der Waals surface area contributed by atoms with Crippen molar-refractivity contribution in [1.82, 2.24) is 0 Å². The van der Waals surface area contributed by atoms with Gasteiger partial charge in [-0.15, -0.1) is 0 Å². The summed E-state index contributed by atoms with van der Waals surface area (Å²) in [7, 11) is -3.79. The van der Waals surface area contributed by atoms with E-state index in [1.165, 1.54) is 12.1 Å². The first-order chi connectivity index (χ1) is 10.6. The van der Waals surface area contributed by atoms with Crippen LogP contribution in [0.5, 0.6) is 0 Å². The highest BCUT2D eigenvalue weighted by Gasteiger charge is 2.36. The fraction of sp³-hybridized carbons (Fsp3) is 0.333. The van der Waals surface area contributed by atoms with Crippen molar-refractivity contribution in [3.8, 4) is 0 Å².